The van der Waals surface area contributed by atoms with Crippen LogP contribution in [0.5, 0.6) is 5.75 Å². The molecule has 1 aromatic rings. The second kappa shape index (κ2) is 6.91. The smallest absolute Gasteiger partial charge is 0.341 e. The van der Waals surface area contributed by atoms with Gasteiger partial charge in [-0.05, 0) is 17.7 Å². The topological polar surface area (TPSA) is 92.7 Å². The van der Waals surface area contributed by atoms with Gasteiger partial charge < -0.3 is 9.84 Å². The lowest BCUT2D eigenvalue weighted by atomic mass is 10.1. The average Bonchev–Trinajstić information content (AvgIpc) is 2.33. The molecule has 0 radical (unpaired) electrons. The lowest BCUT2D eigenvalue weighted by molar-refractivity contribution is -0.139. The summed E-state index contributed by atoms with van der Waals surface area (Å²) in [5.41, 5.74) is 0.449. The highest BCUT2D eigenvalue weighted by Crippen LogP contribution is 2.25. The molecule has 0 fully saturated rings. The monoisotopic (exact) mass is 323 g/mol. The molecule has 9 heteroatoms. The normalized spacial score (nSPS) is 12.9. The number of rotatable bonds is 7. The zero-order chi connectivity index (χ0) is 15.3. The summed E-state index contributed by atoms with van der Waals surface area (Å²) >= 11 is 4.17. The van der Waals surface area contributed by atoms with Gasteiger partial charge in [-0.2, -0.15) is 12.6 Å². The van der Waals surface area contributed by atoms with Crippen molar-refractivity contribution < 1.29 is 27.4 Å². The maximum atomic E-state index is 13.6. The number of thiol groups is 1. The number of carboxylic acid groups (broad SMARTS) is 1. The molecular weight excluding hydrogens is 309 g/mol. The van der Waals surface area contributed by atoms with Gasteiger partial charge in [-0.15, -0.1) is 0 Å². The third kappa shape index (κ3) is 5.76. The Labute approximate surface area is 121 Å². The first-order valence-electron chi connectivity index (χ1n) is 5.46. The van der Waals surface area contributed by atoms with Gasteiger partial charge in [-0.1, -0.05) is 6.07 Å². The van der Waals surface area contributed by atoms with Crippen LogP contribution < -0.4 is 9.46 Å². The zero-order valence-electron chi connectivity index (χ0n) is 10.5. The van der Waals surface area contributed by atoms with Crippen LogP contribution in [0.3, 0.4) is 0 Å². The summed E-state index contributed by atoms with van der Waals surface area (Å²) in [7, 11) is -3.35. The molecule has 0 saturated heterocycles. The Morgan fingerprint density at radius 2 is 2.20 bits per heavy atom. The summed E-state index contributed by atoms with van der Waals surface area (Å²) in [6, 6.07) is 3.89. The molecule has 1 rings (SSSR count). The maximum Gasteiger partial charge on any atom is 0.341 e. The van der Waals surface area contributed by atoms with E-state index in [1.54, 1.807) is 0 Å². The second-order valence-electron chi connectivity index (χ2n) is 4.01. The molecule has 0 aliphatic rings. The largest absolute Gasteiger partial charge is 0.479 e. The predicted octanol–water partition coefficient (Wildman–Crippen LogP) is 0.809. The third-order valence-electron chi connectivity index (χ3n) is 2.23. The molecule has 0 bridgehead atoms. The number of sulfonamides is 1. The lowest BCUT2D eigenvalue weighted by Gasteiger charge is -2.13. The van der Waals surface area contributed by atoms with Gasteiger partial charge in [0.05, 0.1) is 6.26 Å². The molecule has 20 heavy (non-hydrogen) atoms. The molecule has 0 aromatic heterocycles. The molecule has 0 spiro atoms. The van der Waals surface area contributed by atoms with Crippen LogP contribution in [0, 0.1) is 5.82 Å². The zero-order valence-corrected chi connectivity index (χ0v) is 12.2. The van der Waals surface area contributed by atoms with Crippen LogP contribution in [0.15, 0.2) is 18.2 Å². The van der Waals surface area contributed by atoms with Crippen molar-refractivity contribution in [2.45, 2.75) is 5.25 Å². The Morgan fingerprint density at radius 3 is 2.70 bits per heavy atom. The summed E-state index contributed by atoms with van der Waals surface area (Å²) < 4.78 is 42.5. The van der Waals surface area contributed by atoms with Crippen molar-refractivity contribution in [3.63, 3.8) is 0 Å². The van der Waals surface area contributed by atoms with E-state index < -0.39 is 33.7 Å². The van der Waals surface area contributed by atoms with E-state index in [0.29, 0.717) is 5.56 Å². The summed E-state index contributed by atoms with van der Waals surface area (Å²) in [6.07, 6.45) is 1.01. The number of hydrogen-bond acceptors (Lipinski definition) is 5. The molecule has 0 aliphatic carbocycles. The minimum absolute atomic E-state index is 0.0106. The van der Waals surface area contributed by atoms with Crippen LogP contribution in [-0.2, 0) is 14.8 Å². The molecule has 0 amide bonds. The van der Waals surface area contributed by atoms with Crippen LogP contribution in [0.25, 0.3) is 0 Å². The van der Waals surface area contributed by atoms with Gasteiger partial charge in [-0.25, -0.2) is 22.3 Å². The van der Waals surface area contributed by atoms with E-state index in [1.807, 2.05) is 0 Å². The van der Waals surface area contributed by atoms with Crippen LogP contribution in [0.2, 0.25) is 0 Å². The van der Waals surface area contributed by atoms with Crippen molar-refractivity contribution in [3.8, 4) is 5.75 Å². The summed E-state index contributed by atoms with van der Waals surface area (Å²) in [4.78, 5) is 10.3. The lowest BCUT2D eigenvalue weighted by Crippen LogP contribution is -2.25. The fourth-order valence-electron chi connectivity index (χ4n) is 1.33. The summed E-state index contributed by atoms with van der Waals surface area (Å²) in [5, 5.41) is 7.90. The summed E-state index contributed by atoms with van der Waals surface area (Å²) in [6.45, 7) is -0.632. The van der Waals surface area contributed by atoms with E-state index in [9.17, 15) is 17.6 Å². The Morgan fingerprint density at radius 1 is 1.55 bits per heavy atom. The fraction of sp³-hybridized carbons (Fsp3) is 0.364. The Kier molecular flexibility index (Phi) is 5.78. The van der Waals surface area contributed by atoms with Crippen LogP contribution in [-0.4, -0.2) is 38.9 Å². The van der Waals surface area contributed by atoms with Crippen molar-refractivity contribution in [2.75, 3.05) is 19.4 Å². The minimum atomic E-state index is -3.35. The first kappa shape index (κ1) is 16.7. The van der Waals surface area contributed by atoms with Crippen molar-refractivity contribution in [1.29, 1.82) is 0 Å². The molecule has 112 valence electrons. The maximum absolute atomic E-state index is 13.6. The quantitative estimate of drug-likeness (QED) is 0.646. The second-order valence-corrected chi connectivity index (χ2v) is 6.47. The van der Waals surface area contributed by atoms with Crippen molar-refractivity contribution in [2.24, 2.45) is 0 Å². The first-order chi connectivity index (χ1) is 9.19. The number of aliphatic carboxylic acids is 1. The SMILES string of the molecule is CS(=O)(=O)NCC(S)c1ccc(OCC(=O)O)c(F)c1. The van der Waals surface area contributed by atoms with E-state index in [4.69, 9.17) is 9.84 Å². The van der Waals surface area contributed by atoms with Crippen molar-refractivity contribution in [3.05, 3.63) is 29.6 Å². The van der Waals surface area contributed by atoms with E-state index in [1.165, 1.54) is 12.1 Å². The number of halogens is 1. The molecule has 6 nitrogen and oxygen atoms in total. The van der Waals surface area contributed by atoms with Gasteiger partial charge in [0.25, 0.3) is 0 Å². The fourth-order valence-corrected chi connectivity index (χ4v) is 2.17. The van der Waals surface area contributed by atoms with Gasteiger partial charge in [0.1, 0.15) is 0 Å². The molecule has 1 aromatic carbocycles. The molecule has 2 N–H and O–H groups in total. The van der Waals surface area contributed by atoms with E-state index >= 15 is 0 Å². The molecule has 0 heterocycles. The van der Waals surface area contributed by atoms with Gasteiger partial charge in [-0.3, -0.25) is 0 Å². The predicted molar refractivity (Wildman–Crippen MR) is 74.1 cm³/mol. The summed E-state index contributed by atoms with van der Waals surface area (Å²) in [5.74, 6) is -2.13. The highest BCUT2D eigenvalue weighted by molar-refractivity contribution is 7.88. The van der Waals surface area contributed by atoms with E-state index in [2.05, 4.69) is 17.4 Å². The van der Waals surface area contributed by atoms with Gasteiger partial charge in [0, 0.05) is 11.8 Å². The Bertz CT molecular complexity index is 590. The number of carboxylic acids is 1. The molecule has 1 atom stereocenters. The van der Waals surface area contributed by atoms with Gasteiger partial charge in [0.15, 0.2) is 18.2 Å². The van der Waals surface area contributed by atoms with E-state index in [-0.39, 0.29) is 12.3 Å². The van der Waals surface area contributed by atoms with Crippen LogP contribution in [0.4, 0.5) is 4.39 Å². The molecule has 0 aliphatic heterocycles. The number of hydrogen-bond donors (Lipinski definition) is 3. The third-order valence-corrected chi connectivity index (χ3v) is 3.40. The number of benzene rings is 1. The van der Waals surface area contributed by atoms with Crippen LogP contribution in [0.1, 0.15) is 10.8 Å². The highest BCUT2D eigenvalue weighted by atomic mass is 32.2. The first-order valence-corrected chi connectivity index (χ1v) is 7.86. The molecule has 0 saturated carbocycles. The van der Waals surface area contributed by atoms with Crippen molar-refractivity contribution in [1.82, 2.24) is 4.72 Å². The Hall–Kier alpha value is -1.32. The number of carbonyl (C=O) groups is 1. The molecule has 1 unspecified atom stereocenters. The minimum Gasteiger partial charge on any atom is -0.479 e. The number of ether oxygens (including phenoxy) is 1. The standard InChI is InChI=1S/C11H14FNO5S2/c1-20(16,17)13-5-10(19)7-2-3-9(8(12)4-7)18-6-11(14)15/h2-4,10,13,19H,5-6H2,1H3,(H,14,15). The molecular formula is C11H14FNO5S2. The van der Waals surface area contributed by atoms with E-state index in [0.717, 1.165) is 12.3 Å². The number of nitrogens with one attached hydrogen (secondary N) is 1. The van der Waals surface area contributed by atoms with Crippen molar-refractivity contribution >= 4 is 28.6 Å². The van der Waals surface area contributed by atoms with Crippen LogP contribution >= 0.6 is 12.6 Å². The highest BCUT2D eigenvalue weighted by Gasteiger charge is 2.13. The Balaban J connectivity index is 2.73. The van der Waals surface area contributed by atoms with Gasteiger partial charge >= 0.3 is 5.97 Å². The average molecular weight is 323 g/mol. The van der Waals surface area contributed by atoms with Gasteiger partial charge in [0.2, 0.25) is 10.0 Å².